The first kappa shape index (κ1) is 13.3. The van der Waals surface area contributed by atoms with Gasteiger partial charge >= 0.3 is 0 Å². The fraction of sp³-hybridized carbons (Fsp3) is 0.231. The number of anilines is 1. The van der Waals surface area contributed by atoms with Crippen LogP contribution < -0.4 is 5.73 Å². The Morgan fingerprint density at radius 1 is 1.30 bits per heavy atom. The first-order valence-electron chi connectivity index (χ1n) is 6.16. The van der Waals surface area contributed by atoms with Crippen LogP contribution in [0.2, 0.25) is 10.0 Å². The summed E-state index contributed by atoms with van der Waals surface area (Å²) in [6, 6.07) is 5.50. The number of nitrogens with zero attached hydrogens (tertiary/aromatic N) is 4. The van der Waals surface area contributed by atoms with E-state index < -0.39 is 0 Å². The quantitative estimate of drug-likeness (QED) is 0.806. The Kier molecular flexibility index (Phi) is 3.31. The molecule has 3 rings (SSSR count). The predicted molar refractivity (Wildman–Crippen MR) is 81.1 cm³/mol. The van der Waals surface area contributed by atoms with E-state index in [1.54, 1.807) is 18.3 Å². The smallest absolute Gasteiger partial charge is 0.201 e. The molecule has 0 radical (unpaired) electrons. The lowest BCUT2D eigenvalue weighted by Gasteiger charge is -2.16. The third kappa shape index (κ3) is 2.23. The zero-order chi connectivity index (χ0) is 14.3. The highest BCUT2D eigenvalue weighted by molar-refractivity contribution is 6.42. The number of benzene rings is 1. The molecule has 0 aliphatic heterocycles. The van der Waals surface area contributed by atoms with Crippen LogP contribution in [0, 0.1) is 0 Å². The molecule has 1 unspecified atom stereocenters. The van der Waals surface area contributed by atoms with Gasteiger partial charge in [0.15, 0.2) is 0 Å². The number of nitrogens with two attached hydrogens (primary N) is 1. The van der Waals surface area contributed by atoms with Crippen molar-refractivity contribution in [3.05, 3.63) is 40.6 Å². The molecular formula is C13H13Cl2N5. The molecule has 0 bridgehead atoms. The zero-order valence-electron chi connectivity index (χ0n) is 10.8. The van der Waals surface area contributed by atoms with Crippen molar-refractivity contribution in [1.29, 1.82) is 0 Å². The summed E-state index contributed by atoms with van der Waals surface area (Å²) in [7, 11) is 0. The minimum absolute atomic E-state index is 0.0946. The summed E-state index contributed by atoms with van der Waals surface area (Å²) >= 11 is 12.1. The Morgan fingerprint density at radius 3 is 2.75 bits per heavy atom. The van der Waals surface area contributed by atoms with Crippen LogP contribution in [-0.4, -0.2) is 19.3 Å². The summed E-state index contributed by atoms with van der Waals surface area (Å²) in [6.45, 7) is 2.75. The van der Waals surface area contributed by atoms with Gasteiger partial charge in [-0.2, -0.15) is 5.10 Å². The van der Waals surface area contributed by atoms with Crippen LogP contribution in [0.4, 0.5) is 5.95 Å². The molecule has 2 heterocycles. The van der Waals surface area contributed by atoms with Gasteiger partial charge in [-0.15, -0.1) is 0 Å². The third-order valence-corrected chi connectivity index (χ3v) is 3.93. The van der Waals surface area contributed by atoms with E-state index in [4.69, 9.17) is 28.9 Å². The second kappa shape index (κ2) is 5.00. The largest absolute Gasteiger partial charge is 0.369 e. The van der Waals surface area contributed by atoms with Crippen molar-refractivity contribution in [3.63, 3.8) is 0 Å². The Labute approximate surface area is 125 Å². The summed E-state index contributed by atoms with van der Waals surface area (Å²) in [5, 5.41) is 5.17. The van der Waals surface area contributed by atoms with Crippen molar-refractivity contribution >= 4 is 40.2 Å². The molecule has 0 amide bonds. The Hall–Kier alpha value is -1.72. The number of halogens is 2. The highest BCUT2D eigenvalue weighted by atomic mass is 35.5. The maximum absolute atomic E-state index is 6.08. The third-order valence-electron chi connectivity index (χ3n) is 3.21. The first-order chi connectivity index (χ1) is 9.56. The maximum Gasteiger partial charge on any atom is 0.201 e. The van der Waals surface area contributed by atoms with Crippen LogP contribution in [0.3, 0.4) is 0 Å². The lowest BCUT2D eigenvalue weighted by molar-refractivity contribution is 0.450. The highest BCUT2D eigenvalue weighted by Gasteiger charge is 2.16. The van der Waals surface area contributed by atoms with Crippen molar-refractivity contribution < 1.29 is 0 Å². The Morgan fingerprint density at radius 2 is 2.05 bits per heavy atom. The van der Waals surface area contributed by atoms with E-state index in [2.05, 4.69) is 17.0 Å². The molecule has 0 aliphatic carbocycles. The lowest BCUT2D eigenvalue weighted by atomic mass is 10.2. The van der Waals surface area contributed by atoms with E-state index >= 15 is 0 Å². The fourth-order valence-corrected chi connectivity index (χ4v) is 2.65. The van der Waals surface area contributed by atoms with Gasteiger partial charge in [0.1, 0.15) is 0 Å². The Balaban J connectivity index is 2.06. The summed E-state index contributed by atoms with van der Waals surface area (Å²) < 4.78 is 3.80. The fourth-order valence-electron chi connectivity index (χ4n) is 2.33. The molecule has 2 aromatic heterocycles. The summed E-state index contributed by atoms with van der Waals surface area (Å²) in [5.41, 5.74) is 7.63. The van der Waals surface area contributed by atoms with Gasteiger partial charge in [0, 0.05) is 12.4 Å². The number of hydrogen-bond acceptors (Lipinski definition) is 3. The summed E-state index contributed by atoms with van der Waals surface area (Å²) in [6.07, 6.45) is 3.66. The topological polar surface area (TPSA) is 61.7 Å². The van der Waals surface area contributed by atoms with Gasteiger partial charge < -0.3 is 10.3 Å². The van der Waals surface area contributed by atoms with Crippen molar-refractivity contribution in [1.82, 2.24) is 19.3 Å². The normalized spacial score (nSPS) is 12.9. The number of hydrogen-bond donors (Lipinski definition) is 1. The van der Waals surface area contributed by atoms with Gasteiger partial charge in [-0.1, -0.05) is 23.2 Å². The van der Waals surface area contributed by atoms with E-state index in [9.17, 15) is 0 Å². The zero-order valence-corrected chi connectivity index (χ0v) is 12.3. The van der Waals surface area contributed by atoms with Crippen LogP contribution in [0.25, 0.3) is 11.0 Å². The summed E-state index contributed by atoms with van der Waals surface area (Å²) in [4.78, 5) is 4.33. The van der Waals surface area contributed by atoms with Crippen LogP contribution in [0.15, 0.2) is 30.6 Å². The minimum Gasteiger partial charge on any atom is -0.369 e. The van der Waals surface area contributed by atoms with Gasteiger partial charge in [0.2, 0.25) is 5.95 Å². The molecule has 104 valence electrons. The standard InChI is InChI=1S/C13H13Cl2N5/c1-8(7-19-4-2-3-17-19)20-12-6-10(15)9(14)5-11(12)18-13(20)16/h2-6,8H,7H2,1H3,(H2,16,18). The molecule has 7 heteroatoms. The first-order valence-corrected chi connectivity index (χ1v) is 6.91. The molecular weight excluding hydrogens is 297 g/mol. The molecule has 0 fully saturated rings. The monoisotopic (exact) mass is 309 g/mol. The Bertz CT molecular complexity index is 748. The number of aromatic nitrogens is 4. The van der Waals surface area contributed by atoms with Crippen LogP contribution in [0.1, 0.15) is 13.0 Å². The number of imidazole rings is 1. The maximum atomic E-state index is 6.08. The van der Waals surface area contributed by atoms with Gasteiger partial charge in [-0.05, 0) is 25.1 Å². The van der Waals surface area contributed by atoms with Gasteiger partial charge in [0.05, 0.1) is 33.7 Å². The molecule has 3 aromatic rings. The molecule has 0 saturated heterocycles. The van der Waals surface area contributed by atoms with Crippen LogP contribution in [-0.2, 0) is 6.54 Å². The van der Waals surface area contributed by atoms with Crippen molar-refractivity contribution in [3.8, 4) is 0 Å². The minimum atomic E-state index is 0.0946. The van der Waals surface area contributed by atoms with E-state index in [1.807, 2.05) is 21.5 Å². The van der Waals surface area contributed by atoms with E-state index in [0.717, 1.165) is 11.0 Å². The molecule has 0 saturated carbocycles. The van der Waals surface area contributed by atoms with Crippen LogP contribution >= 0.6 is 23.2 Å². The van der Waals surface area contributed by atoms with E-state index in [-0.39, 0.29) is 6.04 Å². The van der Waals surface area contributed by atoms with Crippen LogP contribution in [0.5, 0.6) is 0 Å². The van der Waals surface area contributed by atoms with Crippen molar-refractivity contribution in [2.75, 3.05) is 5.73 Å². The highest BCUT2D eigenvalue weighted by Crippen LogP contribution is 2.31. The average molecular weight is 310 g/mol. The molecule has 2 N–H and O–H groups in total. The molecule has 0 spiro atoms. The molecule has 1 atom stereocenters. The SMILES string of the molecule is CC(Cn1cccn1)n1c(N)nc2cc(Cl)c(Cl)cc21. The molecule has 0 aliphatic rings. The van der Waals surface area contributed by atoms with Crippen molar-refractivity contribution in [2.24, 2.45) is 0 Å². The summed E-state index contributed by atoms with van der Waals surface area (Å²) in [5.74, 6) is 0.443. The van der Waals surface area contributed by atoms with Crippen molar-refractivity contribution in [2.45, 2.75) is 19.5 Å². The average Bonchev–Trinajstić information content (AvgIpc) is 2.97. The second-order valence-electron chi connectivity index (χ2n) is 4.67. The lowest BCUT2D eigenvalue weighted by Crippen LogP contribution is -2.15. The molecule has 1 aromatic carbocycles. The molecule has 20 heavy (non-hydrogen) atoms. The second-order valence-corrected chi connectivity index (χ2v) is 5.49. The van der Waals surface area contributed by atoms with Gasteiger partial charge in [-0.25, -0.2) is 4.98 Å². The van der Waals surface area contributed by atoms with Gasteiger partial charge in [0.25, 0.3) is 0 Å². The molecule has 5 nitrogen and oxygen atoms in total. The number of rotatable bonds is 3. The van der Waals surface area contributed by atoms with Gasteiger partial charge in [-0.3, -0.25) is 4.68 Å². The number of nitrogen functional groups attached to an aromatic ring is 1. The predicted octanol–water partition coefficient (Wildman–Crippen LogP) is 3.38. The van der Waals surface area contributed by atoms with E-state index in [1.165, 1.54) is 0 Å². The van der Waals surface area contributed by atoms with E-state index in [0.29, 0.717) is 22.5 Å². The number of fused-ring (bicyclic) bond motifs is 1.